The maximum atomic E-state index is 6.11. The van der Waals surface area contributed by atoms with E-state index in [9.17, 15) is 0 Å². The third-order valence-corrected chi connectivity index (χ3v) is 3.54. The standard InChI is InChI=1S/C14H17N3O/c15-11-6-2-4-8-13(11)18-14-9-16-17-12-7-3-1-5-10(12)14/h1,3,5,7,9,11,13H,2,4,6,8,15H2. The van der Waals surface area contributed by atoms with Crippen LogP contribution in [0.2, 0.25) is 0 Å². The highest BCUT2D eigenvalue weighted by Gasteiger charge is 2.24. The monoisotopic (exact) mass is 243 g/mol. The highest BCUT2D eigenvalue weighted by Crippen LogP contribution is 2.27. The minimum Gasteiger partial charge on any atom is -0.486 e. The van der Waals surface area contributed by atoms with Crippen LogP contribution in [0.4, 0.5) is 0 Å². The number of fused-ring (bicyclic) bond motifs is 1. The molecular formula is C14H17N3O. The van der Waals surface area contributed by atoms with Gasteiger partial charge in [0.05, 0.1) is 11.7 Å². The second-order valence-corrected chi connectivity index (χ2v) is 4.83. The zero-order valence-electron chi connectivity index (χ0n) is 10.2. The van der Waals surface area contributed by atoms with Gasteiger partial charge in [-0.2, -0.15) is 10.2 Å². The predicted molar refractivity (Wildman–Crippen MR) is 70.4 cm³/mol. The van der Waals surface area contributed by atoms with Gasteiger partial charge in [-0.25, -0.2) is 0 Å². The van der Waals surface area contributed by atoms with E-state index in [1.165, 1.54) is 12.8 Å². The number of aromatic nitrogens is 2. The molecule has 0 aliphatic heterocycles. The number of rotatable bonds is 2. The van der Waals surface area contributed by atoms with Gasteiger partial charge in [0.15, 0.2) is 0 Å². The van der Waals surface area contributed by atoms with Crippen LogP contribution in [-0.4, -0.2) is 22.3 Å². The Morgan fingerprint density at radius 2 is 2.00 bits per heavy atom. The lowest BCUT2D eigenvalue weighted by atomic mass is 9.93. The van der Waals surface area contributed by atoms with Crippen molar-refractivity contribution in [2.75, 3.05) is 0 Å². The zero-order valence-corrected chi connectivity index (χ0v) is 10.2. The average Bonchev–Trinajstić information content (AvgIpc) is 2.42. The molecule has 1 fully saturated rings. The lowest BCUT2D eigenvalue weighted by Crippen LogP contribution is -2.41. The Bertz CT molecular complexity index is 538. The third kappa shape index (κ3) is 2.16. The van der Waals surface area contributed by atoms with Gasteiger partial charge in [0.25, 0.3) is 0 Å². The molecule has 0 spiro atoms. The van der Waals surface area contributed by atoms with E-state index in [1.54, 1.807) is 6.20 Å². The van der Waals surface area contributed by atoms with E-state index in [-0.39, 0.29) is 12.1 Å². The Kier molecular flexibility index (Phi) is 3.11. The molecule has 1 saturated carbocycles. The van der Waals surface area contributed by atoms with Crippen LogP contribution in [0.1, 0.15) is 25.7 Å². The van der Waals surface area contributed by atoms with Crippen LogP contribution in [0, 0.1) is 0 Å². The van der Waals surface area contributed by atoms with Crippen molar-refractivity contribution >= 4 is 10.9 Å². The first kappa shape index (κ1) is 11.4. The summed E-state index contributed by atoms with van der Waals surface area (Å²) in [6, 6.07) is 8.01. The van der Waals surface area contributed by atoms with E-state index in [2.05, 4.69) is 10.2 Å². The number of hydrogen-bond donors (Lipinski definition) is 1. The van der Waals surface area contributed by atoms with Crippen molar-refractivity contribution in [1.82, 2.24) is 10.2 Å². The van der Waals surface area contributed by atoms with E-state index in [0.29, 0.717) is 0 Å². The SMILES string of the molecule is NC1CCCCC1Oc1cnnc2ccccc12. The van der Waals surface area contributed by atoms with E-state index in [1.807, 2.05) is 24.3 Å². The van der Waals surface area contributed by atoms with Crippen molar-refractivity contribution in [1.29, 1.82) is 0 Å². The lowest BCUT2D eigenvalue weighted by molar-refractivity contribution is 0.133. The molecule has 1 aliphatic rings. The molecule has 2 unspecified atom stereocenters. The number of benzene rings is 1. The quantitative estimate of drug-likeness (QED) is 0.879. The summed E-state index contributed by atoms with van der Waals surface area (Å²) >= 11 is 0. The molecular weight excluding hydrogens is 226 g/mol. The smallest absolute Gasteiger partial charge is 0.149 e. The number of ether oxygens (including phenoxy) is 1. The summed E-state index contributed by atoms with van der Waals surface area (Å²) in [4.78, 5) is 0. The van der Waals surface area contributed by atoms with Crippen molar-refractivity contribution in [2.45, 2.75) is 37.8 Å². The van der Waals surface area contributed by atoms with Crippen LogP contribution < -0.4 is 10.5 Å². The van der Waals surface area contributed by atoms with Gasteiger partial charge in [-0.05, 0) is 31.4 Å². The molecule has 4 nitrogen and oxygen atoms in total. The van der Waals surface area contributed by atoms with Crippen LogP contribution in [0.5, 0.6) is 5.75 Å². The fraction of sp³-hybridized carbons (Fsp3) is 0.429. The minimum absolute atomic E-state index is 0.103. The van der Waals surface area contributed by atoms with Gasteiger partial charge in [-0.1, -0.05) is 18.6 Å². The molecule has 18 heavy (non-hydrogen) atoms. The van der Waals surface area contributed by atoms with Crippen LogP contribution in [0.15, 0.2) is 30.5 Å². The highest BCUT2D eigenvalue weighted by atomic mass is 16.5. The van der Waals surface area contributed by atoms with E-state index < -0.39 is 0 Å². The summed E-state index contributed by atoms with van der Waals surface area (Å²) in [5.74, 6) is 0.794. The normalized spacial score (nSPS) is 24.1. The number of nitrogens with two attached hydrogens (primary N) is 1. The van der Waals surface area contributed by atoms with E-state index in [0.717, 1.165) is 29.5 Å². The first-order valence-electron chi connectivity index (χ1n) is 6.47. The molecule has 3 rings (SSSR count). The molecule has 0 radical (unpaired) electrons. The minimum atomic E-state index is 0.103. The van der Waals surface area contributed by atoms with Crippen LogP contribution in [0.3, 0.4) is 0 Å². The van der Waals surface area contributed by atoms with Crippen molar-refractivity contribution in [3.8, 4) is 5.75 Å². The molecule has 1 heterocycles. The van der Waals surface area contributed by atoms with Crippen LogP contribution in [-0.2, 0) is 0 Å². The van der Waals surface area contributed by atoms with Gasteiger partial charge in [0, 0.05) is 11.4 Å². The summed E-state index contributed by atoms with van der Waals surface area (Å²) in [6.45, 7) is 0. The zero-order chi connectivity index (χ0) is 12.4. The predicted octanol–water partition coefficient (Wildman–Crippen LogP) is 2.28. The maximum absolute atomic E-state index is 6.11. The second-order valence-electron chi connectivity index (χ2n) is 4.83. The van der Waals surface area contributed by atoms with Gasteiger partial charge >= 0.3 is 0 Å². The molecule has 0 bridgehead atoms. The van der Waals surface area contributed by atoms with Crippen molar-refractivity contribution in [3.05, 3.63) is 30.5 Å². The molecule has 0 saturated heterocycles. The first-order chi connectivity index (χ1) is 8.84. The molecule has 94 valence electrons. The summed E-state index contributed by atoms with van der Waals surface area (Å²) < 4.78 is 6.05. The molecule has 4 heteroatoms. The molecule has 1 aromatic carbocycles. The molecule has 0 amide bonds. The fourth-order valence-electron chi connectivity index (χ4n) is 2.51. The van der Waals surface area contributed by atoms with Crippen LogP contribution in [0.25, 0.3) is 10.9 Å². The molecule has 1 aromatic heterocycles. The molecule has 2 atom stereocenters. The summed E-state index contributed by atoms with van der Waals surface area (Å²) in [7, 11) is 0. The Balaban J connectivity index is 1.90. The lowest BCUT2D eigenvalue weighted by Gasteiger charge is -2.29. The number of nitrogens with zero attached hydrogens (tertiary/aromatic N) is 2. The molecule has 2 N–H and O–H groups in total. The first-order valence-corrected chi connectivity index (χ1v) is 6.47. The van der Waals surface area contributed by atoms with Gasteiger partial charge in [0.1, 0.15) is 11.9 Å². The second kappa shape index (κ2) is 4.90. The summed E-state index contributed by atoms with van der Waals surface area (Å²) in [5.41, 5.74) is 6.97. The van der Waals surface area contributed by atoms with Crippen molar-refractivity contribution in [2.24, 2.45) is 5.73 Å². The van der Waals surface area contributed by atoms with Gasteiger partial charge in [-0.3, -0.25) is 0 Å². The summed E-state index contributed by atoms with van der Waals surface area (Å²) in [5, 5.41) is 9.09. The average molecular weight is 243 g/mol. The van der Waals surface area contributed by atoms with E-state index >= 15 is 0 Å². The van der Waals surface area contributed by atoms with Crippen molar-refractivity contribution in [3.63, 3.8) is 0 Å². The Morgan fingerprint density at radius 3 is 2.89 bits per heavy atom. The van der Waals surface area contributed by atoms with Crippen molar-refractivity contribution < 1.29 is 4.74 Å². The Hall–Kier alpha value is -1.68. The fourth-order valence-corrected chi connectivity index (χ4v) is 2.51. The van der Waals surface area contributed by atoms with Gasteiger partial charge in [0.2, 0.25) is 0 Å². The van der Waals surface area contributed by atoms with E-state index in [4.69, 9.17) is 10.5 Å². The third-order valence-electron chi connectivity index (χ3n) is 3.54. The maximum Gasteiger partial charge on any atom is 0.149 e. The molecule has 1 aliphatic carbocycles. The summed E-state index contributed by atoms with van der Waals surface area (Å²) in [6.07, 6.45) is 6.25. The Morgan fingerprint density at radius 1 is 1.17 bits per heavy atom. The highest BCUT2D eigenvalue weighted by molar-refractivity contribution is 5.83. The number of hydrogen-bond acceptors (Lipinski definition) is 4. The van der Waals surface area contributed by atoms with Gasteiger partial charge in [-0.15, -0.1) is 0 Å². The van der Waals surface area contributed by atoms with Gasteiger partial charge < -0.3 is 10.5 Å². The van der Waals surface area contributed by atoms with Crippen LogP contribution >= 0.6 is 0 Å². The topological polar surface area (TPSA) is 61.0 Å². The largest absolute Gasteiger partial charge is 0.486 e. The molecule has 2 aromatic rings. The Labute approximate surface area is 106 Å².